The van der Waals surface area contributed by atoms with Gasteiger partial charge in [-0.3, -0.25) is 5.32 Å². The molecule has 17 heavy (non-hydrogen) atoms. The molecule has 1 rings (SSSR count). The molecule has 0 atom stereocenters. The molecule has 0 aromatic heterocycles. The van der Waals surface area contributed by atoms with Crippen LogP contribution in [0.4, 0.5) is 0 Å². The average Bonchev–Trinajstić information content (AvgIpc) is 2.29. The summed E-state index contributed by atoms with van der Waals surface area (Å²) in [4.78, 5) is 0. The minimum absolute atomic E-state index is 0.0364. The average molecular weight is 258 g/mol. The van der Waals surface area contributed by atoms with Gasteiger partial charge in [-0.05, 0) is 24.6 Å². The summed E-state index contributed by atoms with van der Waals surface area (Å²) in [5.41, 5.74) is 1.88. The fourth-order valence-electron chi connectivity index (χ4n) is 1.82. The number of aliphatic hydroxyl groups excluding tert-OH is 1. The maximum Gasteiger partial charge on any atom is 0.123 e. The van der Waals surface area contributed by atoms with Gasteiger partial charge in [0.05, 0.1) is 13.8 Å². The lowest BCUT2D eigenvalue weighted by molar-refractivity contribution is 0.246. The minimum Gasteiger partial charge on any atom is -0.496 e. The van der Waals surface area contributed by atoms with E-state index < -0.39 is 0 Å². The van der Waals surface area contributed by atoms with Crippen LogP contribution in [-0.4, -0.2) is 25.5 Å². The van der Waals surface area contributed by atoms with Crippen molar-refractivity contribution in [2.24, 2.45) is 0 Å². The van der Waals surface area contributed by atoms with Crippen LogP contribution in [0.15, 0.2) is 12.1 Å². The van der Waals surface area contributed by atoms with Crippen LogP contribution >= 0.6 is 11.6 Å². The molecule has 0 saturated carbocycles. The third-order valence-corrected chi connectivity index (χ3v) is 3.30. The Labute approximate surface area is 108 Å². The number of rotatable bonds is 5. The number of benzene rings is 1. The first kappa shape index (κ1) is 14.3. The smallest absolute Gasteiger partial charge is 0.123 e. The van der Waals surface area contributed by atoms with Crippen molar-refractivity contribution in [3.05, 3.63) is 28.3 Å². The van der Waals surface area contributed by atoms with Crippen molar-refractivity contribution in [2.45, 2.75) is 26.2 Å². The molecule has 1 aromatic carbocycles. The Morgan fingerprint density at radius 2 is 2.06 bits per heavy atom. The molecule has 4 heteroatoms. The third kappa shape index (κ3) is 3.35. The fourth-order valence-corrected chi connectivity index (χ4v) is 1.98. The van der Waals surface area contributed by atoms with Gasteiger partial charge in [-0.25, -0.2) is 0 Å². The molecule has 0 spiro atoms. The topological polar surface area (TPSA) is 41.5 Å². The number of hydrogen-bond donors (Lipinski definition) is 2. The second kappa shape index (κ2) is 5.71. The molecule has 0 amide bonds. The van der Waals surface area contributed by atoms with Crippen molar-refractivity contribution < 1.29 is 9.84 Å². The second-order valence-electron chi connectivity index (χ2n) is 4.77. The Morgan fingerprint density at radius 3 is 2.59 bits per heavy atom. The highest BCUT2D eigenvalue weighted by Gasteiger charge is 2.25. The van der Waals surface area contributed by atoms with E-state index in [1.807, 2.05) is 19.1 Å². The van der Waals surface area contributed by atoms with Gasteiger partial charge in [0.1, 0.15) is 5.75 Å². The molecule has 0 aliphatic rings. The largest absolute Gasteiger partial charge is 0.496 e. The summed E-state index contributed by atoms with van der Waals surface area (Å²) in [6.07, 6.45) is 0. The van der Waals surface area contributed by atoms with Crippen molar-refractivity contribution in [1.82, 2.24) is 5.32 Å². The highest BCUT2D eigenvalue weighted by molar-refractivity contribution is 6.31. The van der Waals surface area contributed by atoms with E-state index in [4.69, 9.17) is 21.4 Å². The highest BCUT2D eigenvalue weighted by atomic mass is 35.5. The first-order valence-corrected chi connectivity index (χ1v) is 5.96. The van der Waals surface area contributed by atoms with Crippen molar-refractivity contribution in [1.29, 1.82) is 0 Å². The Bertz CT molecular complexity index is 391. The number of methoxy groups -OCH3 is 1. The third-order valence-electron chi connectivity index (χ3n) is 2.89. The zero-order valence-electron chi connectivity index (χ0n) is 10.8. The molecule has 0 heterocycles. The van der Waals surface area contributed by atoms with Gasteiger partial charge in [-0.2, -0.15) is 0 Å². The Morgan fingerprint density at radius 1 is 1.41 bits per heavy atom. The molecule has 1 aromatic rings. The number of hydrogen-bond acceptors (Lipinski definition) is 3. The van der Waals surface area contributed by atoms with Crippen molar-refractivity contribution in [3.8, 4) is 5.75 Å². The van der Waals surface area contributed by atoms with Gasteiger partial charge >= 0.3 is 0 Å². The van der Waals surface area contributed by atoms with E-state index in [0.29, 0.717) is 6.54 Å². The molecule has 0 aliphatic carbocycles. The Hall–Kier alpha value is -0.770. The molecule has 0 radical (unpaired) electrons. The SMILES string of the molecule is COc1cc(C)c(Cl)cc1C(C)(C)CNCO. The molecular weight excluding hydrogens is 238 g/mol. The lowest BCUT2D eigenvalue weighted by atomic mass is 9.83. The lowest BCUT2D eigenvalue weighted by Gasteiger charge is -2.27. The van der Waals surface area contributed by atoms with Gasteiger partial charge in [0.25, 0.3) is 0 Å². The number of aliphatic hydroxyl groups is 1. The van der Waals surface area contributed by atoms with Crippen molar-refractivity contribution in [2.75, 3.05) is 20.4 Å². The number of nitrogens with one attached hydrogen (secondary N) is 1. The summed E-state index contributed by atoms with van der Waals surface area (Å²) in [6, 6.07) is 3.88. The molecule has 96 valence electrons. The summed E-state index contributed by atoms with van der Waals surface area (Å²) >= 11 is 6.16. The Kier molecular flexibility index (Phi) is 4.80. The van der Waals surface area contributed by atoms with Crippen LogP contribution in [0.3, 0.4) is 0 Å². The highest BCUT2D eigenvalue weighted by Crippen LogP contribution is 2.35. The summed E-state index contributed by atoms with van der Waals surface area (Å²) in [5.74, 6) is 0.830. The quantitative estimate of drug-likeness (QED) is 0.797. The van der Waals surface area contributed by atoms with Crippen LogP contribution in [0.2, 0.25) is 5.02 Å². The predicted molar refractivity (Wildman–Crippen MR) is 70.9 cm³/mol. The monoisotopic (exact) mass is 257 g/mol. The van der Waals surface area contributed by atoms with E-state index in [0.717, 1.165) is 21.9 Å². The predicted octanol–water partition coefficient (Wildman–Crippen LogP) is 2.47. The van der Waals surface area contributed by atoms with E-state index in [2.05, 4.69) is 19.2 Å². The van der Waals surface area contributed by atoms with Crippen LogP contribution in [0.5, 0.6) is 5.75 Å². The van der Waals surface area contributed by atoms with E-state index >= 15 is 0 Å². The normalized spacial score (nSPS) is 11.6. The maximum atomic E-state index is 8.83. The summed E-state index contributed by atoms with van der Waals surface area (Å²) in [7, 11) is 1.65. The maximum absolute atomic E-state index is 8.83. The summed E-state index contributed by atoms with van der Waals surface area (Å²) in [6.45, 7) is 6.73. The number of ether oxygens (including phenoxy) is 1. The molecule has 2 N–H and O–H groups in total. The van der Waals surface area contributed by atoms with E-state index in [-0.39, 0.29) is 12.1 Å². The van der Waals surface area contributed by atoms with Crippen LogP contribution in [0.25, 0.3) is 0 Å². The zero-order valence-corrected chi connectivity index (χ0v) is 11.6. The molecule has 0 aliphatic heterocycles. The van der Waals surface area contributed by atoms with Gasteiger partial charge < -0.3 is 9.84 Å². The van der Waals surface area contributed by atoms with Crippen molar-refractivity contribution >= 4 is 11.6 Å². The van der Waals surface area contributed by atoms with Crippen LogP contribution in [-0.2, 0) is 5.41 Å². The van der Waals surface area contributed by atoms with Crippen LogP contribution in [0, 0.1) is 6.92 Å². The van der Waals surface area contributed by atoms with E-state index in [9.17, 15) is 0 Å². The molecule has 0 bridgehead atoms. The van der Waals surface area contributed by atoms with E-state index in [1.54, 1.807) is 7.11 Å². The molecule has 0 saturated heterocycles. The number of aryl methyl sites for hydroxylation is 1. The lowest BCUT2D eigenvalue weighted by Crippen LogP contribution is -2.33. The van der Waals surface area contributed by atoms with Gasteiger partial charge in [0, 0.05) is 22.5 Å². The van der Waals surface area contributed by atoms with Crippen molar-refractivity contribution in [3.63, 3.8) is 0 Å². The summed E-state index contributed by atoms with van der Waals surface area (Å²) < 4.78 is 5.40. The van der Waals surface area contributed by atoms with E-state index in [1.165, 1.54) is 0 Å². The molecular formula is C13H20ClNO2. The summed E-state index contributed by atoms with van der Waals surface area (Å²) in [5, 5.41) is 12.5. The molecule has 0 fully saturated rings. The van der Waals surface area contributed by atoms with Gasteiger partial charge in [0.2, 0.25) is 0 Å². The van der Waals surface area contributed by atoms with Gasteiger partial charge in [-0.1, -0.05) is 25.4 Å². The van der Waals surface area contributed by atoms with Crippen LogP contribution < -0.4 is 10.1 Å². The first-order valence-electron chi connectivity index (χ1n) is 5.58. The zero-order chi connectivity index (χ0) is 13.1. The minimum atomic E-state index is -0.161. The van der Waals surface area contributed by atoms with Gasteiger partial charge in [0.15, 0.2) is 0 Å². The van der Waals surface area contributed by atoms with Gasteiger partial charge in [-0.15, -0.1) is 0 Å². The fraction of sp³-hybridized carbons (Fsp3) is 0.538. The molecule has 3 nitrogen and oxygen atoms in total. The first-order chi connectivity index (χ1) is 7.92. The standard InChI is InChI=1S/C13H20ClNO2/c1-9-5-12(17-4)10(6-11(9)14)13(2,3)7-15-8-16/h5-6,15-16H,7-8H2,1-4H3. The molecule has 0 unspecified atom stereocenters. The second-order valence-corrected chi connectivity index (χ2v) is 5.18. The Balaban J connectivity index is 3.14. The van der Waals surface area contributed by atoms with Crippen LogP contribution in [0.1, 0.15) is 25.0 Å². The number of halogens is 1.